The van der Waals surface area contributed by atoms with Crippen molar-refractivity contribution in [2.45, 2.75) is 45.6 Å². The van der Waals surface area contributed by atoms with Gasteiger partial charge in [-0.05, 0) is 50.5 Å². The fraction of sp³-hybridized carbons (Fsp3) is 0.429. The number of aromatic nitrogens is 1. The monoisotopic (exact) mass is 402 g/mol. The van der Waals surface area contributed by atoms with E-state index in [2.05, 4.69) is 9.71 Å². The van der Waals surface area contributed by atoms with E-state index < -0.39 is 10.0 Å². The maximum Gasteiger partial charge on any atom is 0.345 e. The molecule has 3 rings (SSSR count). The highest BCUT2D eigenvalue weighted by molar-refractivity contribution is 7.92. The Bertz CT molecular complexity index is 925. The summed E-state index contributed by atoms with van der Waals surface area (Å²) in [6, 6.07) is 9.12. The lowest BCUT2D eigenvalue weighted by Gasteiger charge is -2.16. The number of nitrogens with two attached hydrogens (primary N) is 1. The first kappa shape index (κ1) is 20.5. The smallest absolute Gasteiger partial charge is 0.283 e. The second kappa shape index (κ2) is 8.84. The number of anilines is 1. The summed E-state index contributed by atoms with van der Waals surface area (Å²) in [5.74, 6) is 0.343. The number of rotatable bonds is 9. The number of primary amides is 1. The summed E-state index contributed by atoms with van der Waals surface area (Å²) in [6.07, 6.45) is 7.08. The Morgan fingerprint density at radius 3 is 2.75 bits per heavy atom. The van der Waals surface area contributed by atoms with Crippen molar-refractivity contribution in [1.29, 1.82) is 0 Å². The number of nitrogens with zero attached hydrogens (tertiary/aromatic N) is 1. The first-order valence-corrected chi connectivity index (χ1v) is 11.4. The summed E-state index contributed by atoms with van der Waals surface area (Å²) >= 11 is 0. The van der Waals surface area contributed by atoms with E-state index >= 15 is 0 Å². The number of aryl methyl sites for hydroxylation is 1. The van der Waals surface area contributed by atoms with E-state index in [-0.39, 0.29) is 17.7 Å². The molecule has 1 aromatic carbocycles. The third-order valence-corrected chi connectivity index (χ3v) is 6.36. The van der Waals surface area contributed by atoms with Gasteiger partial charge in [0.1, 0.15) is 11.6 Å². The SMILES string of the molecule is CCCCS(=O)(=O)Nc1ccc(C)cc1C(=O)[NH2+]C(c1cccnc1)C1CC1. The number of quaternary nitrogens is 1. The van der Waals surface area contributed by atoms with Gasteiger partial charge >= 0.3 is 5.91 Å². The van der Waals surface area contributed by atoms with Crippen LogP contribution in [0.2, 0.25) is 0 Å². The Hall–Kier alpha value is -2.25. The Morgan fingerprint density at radius 1 is 1.32 bits per heavy atom. The largest absolute Gasteiger partial charge is 0.345 e. The molecule has 1 atom stereocenters. The predicted octanol–water partition coefficient (Wildman–Crippen LogP) is 2.79. The second-order valence-electron chi connectivity index (χ2n) is 7.50. The molecule has 1 aliphatic carbocycles. The zero-order valence-electron chi connectivity index (χ0n) is 16.4. The van der Waals surface area contributed by atoms with Crippen LogP contribution in [0.4, 0.5) is 5.69 Å². The molecular formula is C21H28N3O3S+. The summed E-state index contributed by atoms with van der Waals surface area (Å²) in [7, 11) is -3.48. The van der Waals surface area contributed by atoms with Crippen LogP contribution in [0.15, 0.2) is 42.7 Å². The molecule has 0 bridgehead atoms. The molecule has 0 aliphatic heterocycles. The molecule has 150 valence electrons. The standard InChI is InChI=1S/C21H27N3O3S/c1-3-4-12-28(26,27)24-19-10-7-15(2)13-18(19)21(25)23-20(16-8-9-16)17-6-5-11-22-14-17/h5-7,10-11,13-14,16,20,24H,3-4,8-9,12H2,1-2H3,(H,23,25)/p+1. The Balaban J connectivity index is 1.83. The van der Waals surface area contributed by atoms with Crippen molar-refractivity contribution >= 4 is 21.6 Å². The summed E-state index contributed by atoms with van der Waals surface area (Å²) in [4.78, 5) is 17.3. The summed E-state index contributed by atoms with van der Waals surface area (Å²) < 4.78 is 27.3. The van der Waals surface area contributed by atoms with Gasteiger partial charge in [0, 0.05) is 23.9 Å². The summed E-state index contributed by atoms with van der Waals surface area (Å²) in [5, 5.41) is 1.73. The normalized spacial score (nSPS) is 15.2. The van der Waals surface area contributed by atoms with E-state index in [4.69, 9.17) is 0 Å². The Morgan fingerprint density at radius 2 is 2.11 bits per heavy atom. The Labute approximate surface area is 166 Å². The van der Waals surface area contributed by atoms with Crippen molar-refractivity contribution in [2.75, 3.05) is 10.5 Å². The van der Waals surface area contributed by atoms with Crippen LogP contribution in [0.1, 0.15) is 60.1 Å². The lowest BCUT2D eigenvalue weighted by Crippen LogP contribution is -2.89. The first-order valence-electron chi connectivity index (χ1n) is 9.80. The number of benzene rings is 1. The molecule has 1 unspecified atom stereocenters. The number of hydrogen-bond donors (Lipinski definition) is 2. The number of sulfonamides is 1. The minimum absolute atomic E-state index is 0.00580. The minimum atomic E-state index is -3.48. The van der Waals surface area contributed by atoms with Gasteiger partial charge < -0.3 is 0 Å². The van der Waals surface area contributed by atoms with Gasteiger partial charge in [-0.15, -0.1) is 0 Å². The molecule has 6 nitrogen and oxygen atoms in total. The Kier molecular flexibility index (Phi) is 6.46. The van der Waals surface area contributed by atoms with Gasteiger partial charge in [-0.3, -0.25) is 15.0 Å². The van der Waals surface area contributed by atoms with Crippen LogP contribution in [-0.2, 0) is 10.0 Å². The van der Waals surface area contributed by atoms with Gasteiger partial charge in [0.2, 0.25) is 10.0 Å². The number of pyridine rings is 1. The van der Waals surface area contributed by atoms with E-state index in [0.29, 0.717) is 23.6 Å². The van der Waals surface area contributed by atoms with Crippen molar-refractivity contribution in [3.8, 4) is 0 Å². The third kappa shape index (κ3) is 5.39. The fourth-order valence-corrected chi connectivity index (χ4v) is 4.57. The van der Waals surface area contributed by atoms with Crippen molar-refractivity contribution < 1.29 is 18.5 Å². The highest BCUT2D eigenvalue weighted by Crippen LogP contribution is 2.38. The van der Waals surface area contributed by atoms with Crippen molar-refractivity contribution in [1.82, 2.24) is 4.98 Å². The van der Waals surface area contributed by atoms with Crippen molar-refractivity contribution in [2.24, 2.45) is 5.92 Å². The quantitative estimate of drug-likeness (QED) is 0.674. The number of hydrogen-bond acceptors (Lipinski definition) is 4. The van der Waals surface area contributed by atoms with Crippen LogP contribution in [-0.4, -0.2) is 25.1 Å². The molecule has 1 fully saturated rings. The number of carbonyl (C=O) groups excluding carboxylic acids is 1. The van der Waals surface area contributed by atoms with Crippen LogP contribution in [0.5, 0.6) is 0 Å². The van der Waals surface area contributed by atoms with Gasteiger partial charge in [0.05, 0.1) is 11.4 Å². The number of carbonyl (C=O) groups is 1. The maximum absolute atomic E-state index is 13.1. The maximum atomic E-state index is 13.1. The summed E-state index contributed by atoms with van der Waals surface area (Å²) in [6.45, 7) is 3.84. The van der Waals surface area contributed by atoms with Gasteiger partial charge in [-0.1, -0.05) is 25.0 Å². The fourth-order valence-electron chi connectivity index (χ4n) is 3.29. The average Bonchev–Trinajstić information content (AvgIpc) is 3.51. The molecule has 0 radical (unpaired) electrons. The molecule has 1 aromatic heterocycles. The second-order valence-corrected chi connectivity index (χ2v) is 9.35. The highest BCUT2D eigenvalue weighted by atomic mass is 32.2. The van der Waals surface area contributed by atoms with E-state index in [1.807, 2.05) is 32.0 Å². The molecule has 1 heterocycles. The number of nitrogens with one attached hydrogen (secondary N) is 1. The number of unbranched alkanes of at least 4 members (excludes halogenated alkanes) is 1. The minimum Gasteiger partial charge on any atom is -0.283 e. The zero-order valence-corrected chi connectivity index (χ0v) is 17.2. The van der Waals surface area contributed by atoms with Gasteiger partial charge in [-0.25, -0.2) is 13.2 Å². The molecule has 7 heteroatoms. The first-order chi connectivity index (χ1) is 13.4. The predicted molar refractivity (Wildman–Crippen MR) is 109 cm³/mol. The zero-order chi connectivity index (χ0) is 20.1. The van der Waals surface area contributed by atoms with Gasteiger partial charge in [0.15, 0.2) is 0 Å². The van der Waals surface area contributed by atoms with Gasteiger partial charge in [-0.2, -0.15) is 0 Å². The average molecular weight is 403 g/mol. The molecule has 1 saturated carbocycles. The summed E-state index contributed by atoms with van der Waals surface area (Å²) in [5.41, 5.74) is 2.69. The molecule has 1 amide bonds. The third-order valence-electron chi connectivity index (χ3n) is 5.00. The molecule has 0 saturated heterocycles. The van der Waals surface area contributed by atoms with E-state index in [1.54, 1.807) is 29.8 Å². The molecule has 2 aromatic rings. The molecule has 0 spiro atoms. The van der Waals surface area contributed by atoms with E-state index in [0.717, 1.165) is 30.4 Å². The lowest BCUT2D eigenvalue weighted by molar-refractivity contribution is -0.605. The number of amides is 1. The van der Waals surface area contributed by atoms with Crippen LogP contribution < -0.4 is 10.0 Å². The molecule has 3 N–H and O–H groups in total. The van der Waals surface area contributed by atoms with Crippen LogP contribution >= 0.6 is 0 Å². The van der Waals surface area contributed by atoms with Crippen molar-refractivity contribution in [3.63, 3.8) is 0 Å². The highest BCUT2D eigenvalue weighted by Gasteiger charge is 2.37. The van der Waals surface area contributed by atoms with Gasteiger partial charge in [0.25, 0.3) is 0 Å². The molecular weight excluding hydrogens is 374 g/mol. The van der Waals surface area contributed by atoms with Crippen LogP contribution in [0.25, 0.3) is 0 Å². The van der Waals surface area contributed by atoms with E-state index in [9.17, 15) is 13.2 Å². The van der Waals surface area contributed by atoms with E-state index in [1.165, 1.54) is 0 Å². The lowest BCUT2D eigenvalue weighted by atomic mass is 10.0. The van der Waals surface area contributed by atoms with Crippen LogP contribution in [0.3, 0.4) is 0 Å². The van der Waals surface area contributed by atoms with Crippen molar-refractivity contribution in [3.05, 3.63) is 59.4 Å². The molecule has 28 heavy (non-hydrogen) atoms. The molecule has 1 aliphatic rings. The topological polar surface area (TPSA) is 92.7 Å². The van der Waals surface area contributed by atoms with Crippen LogP contribution in [0, 0.1) is 12.8 Å².